The Labute approximate surface area is 150 Å². The van der Waals surface area contributed by atoms with Crippen LogP contribution < -0.4 is 10.1 Å². The molecular weight excluding hydrogens is 316 g/mol. The maximum absolute atomic E-state index is 12.2. The molecule has 0 bridgehead atoms. The lowest BCUT2D eigenvalue weighted by atomic mass is 9.89. The van der Waals surface area contributed by atoms with E-state index in [1.807, 2.05) is 17.0 Å². The van der Waals surface area contributed by atoms with Crippen molar-refractivity contribution in [3.63, 3.8) is 0 Å². The van der Waals surface area contributed by atoms with Crippen LogP contribution in [-0.4, -0.2) is 49.4 Å². The van der Waals surface area contributed by atoms with Crippen LogP contribution in [0.4, 0.5) is 4.79 Å². The first-order valence-electron chi connectivity index (χ1n) is 9.59. The van der Waals surface area contributed by atoms with E-state index in [0.717, 1.165) is 64.0 Å². The summed E-state index contributed by atoms with van der Waals surface area (Å²) in [6.45, 7) is 5.63. The SMILES string of the molecule is CCCc1ccc(OCCNC(=O)N2CCC3(CCCO3)CC2)cc1. The van der Waals surface area contributed by atoms with Gasteiger partial charge in [0.1, 0.15) is 12.4 Å². The van der Waals surface area contributed by atoms with E-state index < -0.39 is 0 Å². The zero-order valence-corrected chi connectivity index (χ0v) is 15.3. The molecule has 2 amide bonds. The van der Waals surface area contributed by atoms with Crippen LogP contribution in [-0.2, 0) is 11.2 Å². The largest absolute Gasteiger partial charge is 0.492 e. The van der Waals surface area contributed by atoms with Crippen molar-refractivity contribution in [3.8, 4) is 5.75 Å². The third kappa shape index (κ3) is 4.88. The van der Waals surface area contributed by atoms with Gasteiger partial charge in [0.15, 0.2) is 0 Å². The predicted octanol–water partition coefficient (Wildman–Crippen LogP) is 3.37. The van der Waals surface area contributed by atoms with E-state index in [2.05, 4.69) is 24.4 Å². The van der Waals surface area contributed by atoms with E-state index in [1.165, 1.54) is 5.56 Å². The fourth-order valence-corrected chi connectivity index (χ4v) is 3.75. The summed E-state index contributed by atoms with van der Waals surface area (Å²) in [4.78, 5) is 14.1. The highest BCUT2D eigenvalue weighted by Gasteiger charge is 2.39. The van der Waals surface area contributed by atoms with Gasteiger partial charge in [0.25, 0.3) is 0 Å². The zero-order chi connectivity index (χ0) is 17.5. The molecule has 2 heterocycles. The van der Waals surface area contributed by atoms with Gasteiger partial charge in [-0.3, -0.25) is 0 Å². The topological polar surface area (TPSA) is 50.8 Å². The standard InChI is InChI=1S/C20H30N2O3/c1-2-4-17-5-7-18(8-6-17)24-16-12-21-19(23)22-13-10-20(11-14-22)9-3-15-25-20/h5-8H,2-4,9-16H2,1H3,(H,21,23). The van der Waals surface area contributed by atoms with E-state index in [0.29, 0.717) is 13.2 Å². The number of ether oxygens (including phenoxy) is 2. The third-order valence-electron chi connectivity index (χ3n) is 5.26. The summed E-state index contributed by atoms with van der Waals surface area (Å²) in [5.41, 5.74) is 1.39. The quantitative estimate of drug-likeness (QED) is 0.804. The highest BCUT2D eigenvalue weighted by atomic mass is 16.5. The van der Waals surface area contributed by atoms with Crippen LogP contribution in [0.2, 0.25) is 0 Å². The molecule has 0 atom stereocenters. The van der Waals surface area contributed by atoms with Crippen molar-refractivity contribution in [1.82, 2.24) is 10.2 Å². The number of benzene rings is 1. The number of piperidine rings is 1. The Bertz CT molecular complexity index is 543. The van der Waals surface area contributed by atoms with E-state index >= 15 is 0 Å². The van der Waals surface area contributed by atoms with Gasteiger partial charge in [-0.1, -0.05) is 25.5 Å². The first kappa shape index (κ1) is 18.1. The fraction of sp³-hybridized carbons (Fsp3) is 0.650. The molecule has 0 radical (unpaired) electrons. The van der Waals surface area contributed by atoms with Crippen molar-refractivity contribution in [2.75, 3.05) is 32.8 Å². The molecule has 1 aromatic rings. The van der Waals surface area contributed by atoms with Crippen LogP contribution in [0.3, 0.4) is 0 Å². The number of aryl methyl sites for hydroxylation is 1. The lowest BCUT2D eigenvalue weighted by Gasteiger charge is -2.38. The smallest absolute Gasteiger partial charge is 0.317 e. The second-order valence-corrected chi connectivity index (χ2v) is 7.10. The number of nitrogens with one attached hydrogen (secondary N) is 1. The van der Waals surface area contributed by atoms with Crippen LogP contribution in [0.25, 0.3) is 0 Å². The van der Waals surface area contributed by atoms with Crippen molar-refractivity contribution in [2.45, 2.75) is 51.0 Å². The molecule has 0 aromatic heterocycles. The maximum Gasteiger partial charge on any atom is 0.317 e. The molecule has 2 fully saturated rings. The van der Waals surface area contributed by atoms with Gasteiger partial charge in [-0.15, -0.1) is 0 Å². The van der Waals surface area contributed by atoms with Crippen molar-refractivity contribution < 1.29 is 14.3 Å². The van der Waals surface area contributed by atoms with Gasteiger partial charge in [0, 0.05) is 19.7 Å². The van der Waals surface area contributed by atoms with E-state index in [-0.39, 0.29) is 11.6 Å². The van der Waals surface area contributed by atoms with Crippen LogP contribution in [0.5, 0.6) is 5.75 Å². The minimum Gasteiger partial charge on any atom is -0.492 e. The number of hydrogen-bond acceptors (Lipinski definition) is 3. The number of nitrogens with zero attached hydrogens (tertiary/aromatic N) is 1. The summed E-state index contributed by atoms with van der Waals surface area (Å²) in [5, 5.41) is 2.95. The Morgan fingerprint density at radius 3 is 2.64 bits per heavy atom. The summed E-state index contributed by atoms with van der Waals surface area (Å²) in [6.07, 6.45) is 6.47. The van der Waals surface area contributed by atoms with Crippen molar-refractivity contribution in [3.05, 3.63) is 29.8 Å². The zero-order valence-electron chi connectivity index (χ0n) is 15.3. The number of carbonyl (C=O) groups excluding carboxylic acids is 1. The Morgan fingerprint density at radius 1 is 1.24 bits per heavy atom. The van der Waals surface area contributed by atoms with Gasteiger partial charge in [-0.05, 0) is 49.8 Å². The normalized spacial score (nSPS) is 19.2. The van der Waals surface area contributed by atoms with Gasteiger partial charge in [0.05, 0.1) is 12.1 Å². The monoisotopic (exact) mass is 346 g/mol. The summed E-state index contributed by atoms with van der Waals surface area (Å²) in [7, 11) is 0. The minimum atomic E-state index is 0.00902. The Kier molecular flexibility index (Phi) is 6.19. The summed E-state index contributed by atoms with van der Waals surface area (Å²) in [5.74, 6) is 0.854. The fourth-order valence-electron chi connectivity index (χ4n) is 3.75. The first-order valence-corrected chi connectivity index (χ1v) is 9.59. The Morgan fingerprint density at radius 2 is 2.00 bits per heavy atom. The predicted molar refractivity (Wildman–Crippen MR) is 98.1 cm³/mol. The van der Waals surface area contributed by atoms with Gasteiger partial charge < -0.3 is 19.7 Å². The van der Waals surface area contributed by atoms with Gasteiger partial charge >= 0.3 is 6.03 Å². The molecule has 0 aliphatic carbocycles. The lowest BCUT2D eigenvalue weighted by Crippen LogP contribution is -2.50. The van der Waals surface area contributed by atoms with Crippen LogP contribution >= 0.6 is 0 Å². The average molecular weight is 346 g/mol. The maximum atomic E-state index is 12.2. The summed E-state index contributed by atoms with van der Waals surface area (Å²) < 4.78 is 11.6. The molecule has 5 heteroatoms. The van der Waals surface area contributed by atoms with Crippen LogP contribution in [0, 0.1) is 0 Å². The molecule has 2 saturated heterocycles. The molecule has 1 spiro atoms. The summed E-state index contributed by atoms with van der Waals surface area (Å²) >= 11 is 0. The molecule has 25 heavy (non-hydrogen) atoms. The molecule has 5 nitrogen and oxygen atoms in total. The molecule has 1 N–H and O–H groups in total. The number of rotatable bonds is 6. The highest BCUT2D eigenvalue weighted by Crippen LogP contribution is 2.35. The Balaban J connectivity index is 1.33. The van der Waals surface area contributed by atoms with E-state index in [9.17, 15) is 4.79 Å². The van der Waals surface area contributed by atoms with E-state index in [4.69, 9.17) is 9.47 Å². The average Bonchev–Trinajstić information content (AvgIpc) is 3.09. The first-order chi connectivity index (χ1) is 12.2. The molecule has 138 valence electrons. The highest BCUT2D eigenvalue weighted by molar-refractivity contribution is 5.74. The van der Waals surface area contributed by atoms with Crippen LogP contribution in [0.15, 0.2) is 24.3 Å². The third-order valence-corrected chi connectivity index (χ3v) is 5.26. The molecule has 1 aromatic carbocycles. The molecule has 0 unspecified atom stereocenters. The minimum absolute atomic E-state index is 0.00902. The lowest BCUT2D eigenvalue weighted by molar-refractivity contribution is -0.0361. The Hall–Kier alpha value is -1.75. The number of carbonyl (C=O) groups is 1. The number of urea groups is 1. The second-order valence-electron chi connectivity index (χ2n) is 7.10. The van der Waals surface area contributed by atoms with Crippen LogP contribution in [0.1, 0.15) is 44.6 Å². The van der Waals surface area contributed by atoms with Gasteiger partial charge in [-0.25, -0.2) is 4.79 Å². The van der Waals surface area contributed by atoms with Gasteiger partial charge in [-0.2, -0.15) is 0 Å². The van der Waals surface area contributed by atoms with Crippen molar-refractivity contribution in [2.24, 2.45) is 0 Å². The molecule has 3 rings (SSSR count). The number of likely N-dealkylation sites (tertiary alicyclic amines) is 1. The van der Waals surface area contributed by atoms with Gasteiger partial charge in [0.2, 0.25) is 0 Å². The number of amides is 2. The molecule has 2 aliphatic heterocycles. The molecule has 2 aliphatic rings. The molecular formula is C20H30N2O3. The van der Waals surface area contributed by atoms with Crippen molar-refractivity contribution >= 4 is 6.03 Å². The second kappa shape index (κ2) is 8.56. The summed E-state index contributed by atoms with van der Waals surface area (Å²) in [6, 6.07) is 8.21. The molecule has 0 saturated carbocycles. The van der Waals surface area contributed by atoms with Crippen molar-refractivity contribution in [1.29, 1.82) is 0 Å². The number of hydrogen-bond donors (Lipinski definition) is 1. The van der Waals surface area contributed by atoms with E-state index in [1.54, 1.807) is 0 Å².